The second kappa shape index (κ2) is 14.5. The smallest absolute Gasteiger partial charge is 0.262 e. The Labute approximate surface area is 105 Å². The molecular formula is C8H11ClN4O3P+. The predicted octanol–water partition coefficient (Wildman–Crippen LogP) is 1.00. The maximum atomic E-state index is 8.70. The molecule has 0 fully saturated rings. The van der Waals surface area contributed by atoms with E-state index in [0.717, 1.165) is 0 Å². The van der Waals surface area contributed by atoms with E-state index >= 15 is 0 Å². The minimum Gasteiger partial charge on any atom is -0.262 e. The van der Waals surface area contributed by atoms with Crippen molar-refractivity contribution in [3.63, 3.8) is 0 Å². The molecule has 7 nitrogen and oxygen atoms in total. The lowest BCUT2D eigenvalue weighted by atomic mass is 10.8. The summed E-state index contributed by atoms with van der Waals surface area (Å²) in [5, 5.41) is 0. The van der Waals surface area contributed by atoms with Gasteiger partial charge in [0, 0.05) is 54.1 Å². The fourth-order valence-corrected chi connectivity index (χ4v) is 0.507. The van der Waals surface area contributed by atoms with Crippen LogP contribution in [0.4, 0.5) is 0 Å². The van der Waals surface area contributed by atoms with Crippen molar-refractivity contribution in [1.29, 1.82) is 0 Å². The molecule has 0 aliphatic carbocycles. The lowest BCUT2D eigenvalue weighted by Gasteiger charge is -1.70. The highest BCUT2D eigenvalue weighted by Gasteiger charge is 1.93. The van der Waals surface area contributed by atoms with Gasteiger partial charge in [-0.05, 0) is 0 Å². The van der Waals surface area contributed by atoms with Crippen LogP contribution >= 0.6 is 20.7 Å². The lowest BCUT2D eigenvalue weighted by Crippen LogP contribution is -1.66. The zero-order valence-corrected chi connectivity index (χ0v) is 10.3. The summed E-state index contributed by atoms with van der Waals surface area (Å²) >= 11 is 0. The van der Waals surface area contributed by atoms with E-state index in [1.807, 2.05) is 0 Å². The third-order valence-corrected chi connectivity index (χ3v) is 0.955. The van der Waals surface area contributed by atoms with Gasteiger partial charge >= 0.3 is 8.25 Å². The molecule has 0 bridgehead atoms. The van der Waals surface area contributed by atoms with E-state index in [1.165, 1.54) is 0 Å². The van der Waals surface area contributed by atoms with Crippen LogP contribution in [0.15, 0.2) is 49.6 Å². The Kier molecular flexibility index (Phi) is 15.2. The molecular weight excluding hydrogens is 267 g/mol. The summed E-state index contributed by atoms with van der Waals surface area (Å²) in [5.41, 5.74) is 0. The average Bonchev–Trinajstić information content (AvgIpc) is 2.34. The molecule has 0 saturated carbocycles. The molecule has 0 saturated heterocycles. The summed E-state index contributed by atoms with van der Waals surface area (Å²) in [5.74, 6) is 0. The minimum absolute atomic E-state index is 0. The van der Waals surface area contributed by atoms with Gasteiger partial charge < -0.3 is 0 Å². The van der Waals surface area contributed by atoms with Gasteiger partial charge in [-0.1, -0.05) is 0 Å². The Morgan fingerprint density at radius 1 is 0.647 bits per heavy atom. The highest BCUT2D eigenvalue weighted by Crippen LogP contribution is 1.98. The van der Waals surface area contributed by atoms with E-state index in [4.69, 9.17) is 14.4 Å². The van der Waals surface area contributed by atoms with Gasteiger partial charge in [-0.15, -0.1) is 22.2 Å². The van der Waals surface area contributed by atoms with Crippen molar-refractivity contribution in [2.75, 3.05) is 0 Å². The van der Waals surface area contributed by atoms with Crippen molar-refractivity contribution in [1.82, 2.24) is 19.9 Å². The monoisotopic (exact) mass is 277 g/mol. The maximum Gasteiger partial charge on any atom is 0.692 e. The Morgan fingerprint density at radius 2 is 0.765 bits per heavy atom. The van der Waals surface area contributed by atoms with Crippen LogP contribution in [0, 0.1) is 0 Å². The highest BCUT2D eigenvalue weighted by molar-refractivity contribution is 7.30. The molecule has 0 amide bonds. The number of hydrogen-bond acceptors (Lipinski definition) is 5. The number of halogens is 1. The minimum atomic E-state index is -2.87. The predicted molar refractivity (Wildman–Crippen MR) is 63.4 cm³/mol. The third-order valence-electron chi connectivity index (χ3n) is 0.955. The molecule has 2 N–H and O–H groups in total. The summed E-state index contributed by atoms with van der Waals surface area (Å²) in [7, 11) is -2.87. The largest absolute Gasteiger partial charge is 0.692 e. The molecule has 0 unspecified atom stereocenters. The standard InChI is InChI=1S/2C4H4N2.ClH.HO3P/c2*1-2-6-4-3-5-1;;1-4(2)3/h2*1-4H;1H;(H-,1,2,3)/p+1. The molecule has 0 aliphatic heterocycles. The van der Waals surface area contributed by atoms with Crippen LogP contribution in [-0.4, -0.2) is 29.7 Å². The first-order valence-electron chi connectivity index (χ1n) is 3.98. The summed E-state index contributed by atoms with van der Waals surface area (Å²) in [6.45, 7) is 0. The fraction of sp³-hybridized carbons (Fsp3) is 0. The molecule has 2 aromatic rings. The van der Waals surface area contributed by atoms with Crippen molar-refractivity contribution in [2.45, 2.75) is 0 Å². The van der Waals surface area contributed by atoms with Gasteiger partial charge in [-0.25, -0.2) is 0 Å². The van der Waals surface area contributed by atoms with E-state index in [-0.39, 0.29) is 12.4 Å². The number of rotatable bonds is 0. The maximum absolute atomic E-state index is 8.70. The van der Waals surface area contributed by atoms with Crippen molar-refractivity contribution in [2.24, 2.45) is 0 Å². The van der Waals surface area contributed by atoms with Gasteiger partial charge in [0.05, 0.1) is 0 Å². The van der Waals surface area contributed by atoms with Crippen LogP contribution in [0.25, 0.3) is 0 Å². The molecule has 2 aromatic heterocycles. The van der Waals surface area contributed by atoms with E-state index in [0.29, 0.717) is 0 Å². The summed E-state index contributed by atoms with van der Waals surface area (Å²) in [6.07, 6.45) is 13.1. The molecule has 0 aromatic carbocycles. The second-order valence-corrected chi connectivity index (χ2v) is 2.55. The summed E-state index contributed by atoms with van der Waals surface area (Å²) < 4.78 is 8.70. The zero-order valence-electron chi connectivity index (χ0n) is 8.57. The summed E-state index contributed by atoms with van der Waals surface area (Å²) in [6, 6.07) is 0. The van der Waals surface area contributed by atoms with E-state index in [2.05, 4.69) is 19.9 Å². The molecule has 0 spiro atoms. The Hall–Kier alpha value is -1.53. The van der Waals surface area contributed by atoms with Gasteiger partial charge in [-0.2, -0.15) is 0 Å². The van der Waals surface area contributed by atoms with Crippen molar-refractivity contribution in [3.05, 3.63) is 49.6 Å². The summed E-state index contributed by atoms with van der Waals surface area (Å²) in [4.78, 5) is 29.1. The van der Waals surface area contributed by atoms with Crippen molar-refractivity contribution < 1.29 is 14.4 Å². The number of nitrogens with zero attached hydrogens (tertiary/aromatic N) is 4. The molecule has 9 heteroatoms. The van der Waals surface area contributed by atoms with E-state index < -0.39 is 8.25 Å². The average molecular weight is 278 g/mol. The van der Waals surface area contributed by atoms with Crippen LogP contribution in [-0.2, 0) is 4.57 Å². The van der Waals surface area contributed by atoms with Crippen LogP contribution in [0.2, 0.25) is 0 Å². The topological polar surface area (TPSA) is 109 Å². The van der Waals surface area contributed by atoms with Crippen LogP contribution in [0.3, 0.4) is 0 Å². The molecule has 17 heavy (non-hydrogen) atoms. The molecule has 92 valence electrons. The van der Waals surface area contributed by atoms with Crippen molar-refractivity contribution >= 4 is 20.7 Å². The van der Waals surface area contributed by atoms with Crippen LogP contribution < -0.4 is 0 Å². The second-order valence-electron chi connectivity index (χ2n) is 2.04. The highest BCUT2D eigenvalue weighted by atomic mass is 35.5. The van der Waals surface area contributed by atoms with Gasteiger partial charge in [0.1, 0.15) is 0 Å². The Bertz CT molecular complexity index is 279. The quantitative estimate of drug-likeness (QED) is 0.691. The van der Waals surface area contributed by atoms with Gasteiger partial charge in [0.25, 0.3) is 0 Å². The van der Waals surface area contributed by atoms with Gasteiger partial charge in [0.15, 0.2) is 0 Å². The van der Waals surface area contributed by atoms with E-state index in [1.54, 1.807) is 49.6 Å². The van der Waals surface area contributed by atoms with Crippen LogP contribution in [0.5, 0.6) is 0 Å². The molecule has 2 rings (SSSR count). The first kappa shape index (κ1) is 17.9. The van der Waals surface area contributed by atoms with Crippen molar-refractivity contribution in [3.8, 4) is 0 Å². The third kappa shape index (κ3) is 20.5. The molecule has 0 aliphatic rings. The van der Waals surface area contributed by atoms with E-state index in [9.17, 15) is 0 Å². The number of aromatic nitrogens is 4. The Balaban J connectivity index is 0. The lowest BCUT2D eigenvalue weighted by molar-refractivity contribution is 0.405. The van der Waals surface area contributed by atoms with Crippen LogP contribution in [0.1, 0.15) is 0 Å². The van der Waals surface area contributed by atoms with Gasteiger partial charge in [0.2, 0.25) is 0 Å². The fourth-order valence-electron chi connectivity index (χ4n) is 0.507. The molecule has 0 radical (unpaired) electrons. The number of hydrogen-bond donors (Lipinski definition) is 2. The molecule has 0 atom stereocenters. The first-order chi connectivity index (χ1) is 7.73. The zero-order chi connectivity index (χ0) is 12.1. The Morgan fingerprint density at radius 3 is 0.824 bits per heavy atom. The van der Waals surface area contributed by atoms with Gasteiger partial charge in [-0.3, -0.25) is 19.9 Å². The SMILES string of the molecule is Cl.O=[P+](O)O.c1cnccn1.c1cnccn1. The normalized spacial score (nSPS) is 7.18. The first-order valence-corrected chi connectivity index (χ1v) is 5.15. The molecule has 2 heterocycles.